The number of carbonyl (C=O) groups excluding carboxylic acids is 1. The predicted octanol–water partition coefficient (Wildman–Crippen LogP) is 3.83. The lowest BCUT2D eigenvalue weighted by molar-refractivity contribution is -0.119. The Balaban J connectivity index is 1.46. The second-order valence-electron chi connectivity index (χ2n) is 7.05. The van der Waals surface area contributed by atoms with Crippen LogP contribution in [-0.2, 0) is 14.8 Å². The first-order valence-corrected chi connectivity index (χ1v) is 12.1. The number of carbonyl (C=O) groups is 1. The Morgan fingerprint density at radius 3 is 2.59 bits per heavy atom. The molecule has 0 aliphatic carbocycles. The minimum absolute atomic E-state index is 0.180. The third kappa shape index (κ3) is 4.44. The third-order valence-corrected chi connectivity index (χ3v) is 7.31. The van der Waals surface area contributed by atoms with Crippen LogP contribution >= 0.6 is 15.9 Å². The fraction of sp³-hybridized carbons (Fsp3) is 0.174. The predicted molar refractivity (Wildman–Crippen MR) is 126 cm³/mol. The number of fused-ring (bicyclic) bond motifs is 3. The van der Waals surface area contributed by atoms with Crippen molar-refractivity contribution in [2.45, 2.75) is 4.90 Å². The van der Waals surface area contributed by atoms with Crippen molar-refractivity contribution in [2.24, 2.45) is 0 Å². The molecule has 0 atom stereocenters. The van der Waals surface area contributed by atoms with Crippen LogP contribution in [0, 0.1) is 0 Å². The van der Waals surface area contributed by atoms with E-state index in [1.807, 2.05) is 18.2 Å². The number of methoxy groups -OCH3 is 1. The van der Waals surface area contributed by atoms with Gasteiger partial charge in [-0.3, -0.25) is 9.10 Å². The van der Waals surface area contributed by atoms with Gasteiger partial charge in [0.2, 0.25) is 5.91 Å². The number of sulfonamides is 1. The third-order valence-electron chi connectivity index (χ3n) is 4.99. The van der Waals surface area contributed by atoms with Gasteiger partial charge in [0, 0.05) is 21.7 Å². The number of rotatable bonds is 7. The van der Waals surface area contributed by atoms with Crippen LogP contribution in [0.15, 0.2) is 76.1 Å². The van der Waals surface area contributed by atoms with E-state index >= 15 is 0 Å². The molecule has 1 heterocycles. The van der Waals surface area contributed by atoms with Gasteiger partial charge in [-0.15, -0.1) is 0 Å². The molecule has 0 saturated carbocycles. The zero-order chi connectivity index (χ0) is 22.7. The Labute approximate surface area is 195 Å². The summed E-state index contributed by atoms with van der Waals surface area (Å²) in [5, 5.41) is 2.72. The number of anilines is 1. The molecule has 3 aromatic carbocycles. The van der Waals surface area contributed by atoms with Crippen LogP contribution in [0.5, 0.6) is 11.5 Å². The molecule has 1 amide bonds. The average molecular weight is 517 g/mol. The van der Waals surface area contributed by atoms with Crippen molar-refractivity contribution in [3.8, 4) is 22.6 Å². The zero-order valence-corrected chi connectivity index (χ0v) is 19.6. The van der Waals surface area contributed by atoms with Crippen molar-refractivity contribution in [3.63, 3.8) is 0 Å². The minimum atomic E-state index is -3.87. The smallest absolute Gasteiger partial charge is 0.265 e. The zero-order valence-electron chi connectivity index (χ0n) is 17.2. The molecular formula is C23H21BrN2O5S. The molecule has 0 fully saturated rings. The summed E-state index contributed by atoms with van der Waals surface area (Å²) in [6.07, 6.45) is 0. The first-order chi connectivity index (χ1) is 15.4. The van der Waals surface area contributed by atoms with E-state index in [0.29, 0.717) is 22.7 Å². The number of hydrogen-bond donors (Lipinski definition) is 1. The topological polar surface area (TPSA) is 84.9 Å². The largest absolute Gasteiger partial charge is 0.497 e. The van der Waals surface area contributed by atoms with Crippen LogP contribution in [0.3, 0.4) is 0 Å². The Morgan fingerprint density at radius 2 is 1.78 bits per heavy atom. The molecule has 166 valence electrons. The summed E-state index contributed by atoms with van der Waals surface area (Å²) < 4.78 is 39.3. The van der Waals surface area contributed by atoms with Gasteiger partial charge < -0.3 is 14.8 Å². The van der Waals surface area contributed by atoms with Crippen molar-refractivity contribution in [1.82, 2.24) is 5.32 Å². The lowest BCUT2D eigenvalue weighted by Gasteiger charge is -2.31. The first kappa shape index (κ1) is 22.2. The summed E-state index contributed by atoms with van der Waals surface area (Å²) in [7, 11) is -2.30. The highest BCUT2D eigenvalue weighted by Crippen LogP contribution is 2.43. The monoisotopic (exact) mass is 516 g/mol. The molecule has 0 bridgehead atoms. The van der Waals surface area contributed by atoms with Crippen LogP contribution in [0.2, 0.25) is 0 Å². The fourth-order valence-corrected chi connectivity index (χ4v) is 5.52. The van der Waals surface area contributed by atoms with E-state index in [1.54, 1.807) is 55.6 Å². The van der Waals surface area contributed by atoms with Crippen LogP contribution < -0.4 is 19.1 Å². The van der Waals surface area contributed by atoms with Gasteiger partial charge in [-0.05, 0) is 36.4 Å². The van der Waals surface area contributed by atoms with Gasteiger partial charge in [0.15, 0.2) is 0 Å². The van der Waals surface area contributed by atoms with Crippen molar-refractivity contribution in [1.29, 1.82) is 0 Å². The molecule has 0 saturated heterocycles. The molecule has 1 aliphatic heterocycles. The Bertz CT molecular complexity index is 1260. The highest BCUT2D eigenvalue weighted by atomic mass is 79.9. The van der Waals surface area contributed by atoms with Crippen LogP contribution in [0.1, 0.15) is 0 Å². The average Bonchev–Trinajstić information content (AvgIpc) is 2.80. The lowest BCUT2D eigenvalue weighted by Crippen LogP contribution is -2.43. The number of ether oxygens (including phenoxy) is 2. The number of amides is 1. The van der Waals surface area contributed by atoms with Crippen LogP contribution in [-0.4, -0.2) is 41.1 Å². The Morgan fingerprint density at radius 1 is 1.00 bits per heavy atom. The van der Waals surface area contributed by atoms with Gasteiger partial charge in [0.05, 0.1) is 24.2 Å². The maximum absolute atomic E-state index is 13.3. The Hall–Kier alpha value is -3.04. The van der Waals surface area contributed by atoms with E-state index in [-0.39, 0.29) is 24.6 Å². The second-order valence-corrected chi connectivity index (χ2v) is 9.79. The molecule has 0 unspecified atom stereocenters. The van der Waals surface area contributed by atoms with Gasteiger partial charge in [0.25, 0.3) is 10.0 Å². The maximum atomic E-state index is 13.3. The molecule has 4 rings (SSSR count). The molecule has 32 heavy (non-hydrogen) atoms. The number of benzene rings is 3. The standard InChI is InChI=1S/C23H21BrN2O5S/c1-30-17-5-4-6-18(14-17)31-12-11-25-23(27)15-26-21-10-9-16(24)13-20(21)19-7-2-3-8-22(19)32(26,28)29/h2-10,13-14H,11-12,15H2,1H3,(H,25,27). The highest BCUT2D eigenvalue weighted by molar-refractivity contribution is 9.10. The SMILES string of the molecule is COc1cccc(OCCNC(=O)CN2c3ccc(Br)cc3-c3ccccc3S2(=O)=O)c1. The quantitative estimate of drug-likeness (QED) is 0.482. The molecule has 9 heteroatoms. The van der Waals surface area contributed by atoms with Gasteiger partial charge in [-0.25, -0.2) is 8.42 Å². The second kappa shape index (κ2) is 9.22. The van der Waals surface area contributed by atoms with Crippen molar-refractivity contribution >= 4 is 37.5 Å². The van der Waals surface area contributed by atoms with Gasteiger partial charge in [-0.1, -0.05) is 40.2 Å². The summed E-state index contributed by atoms with van der Waals surface area (Å²) in [4.78, 5) is 12.8. The van der Waals surface area contributed by atoms with Gasteiger partial charge in [0.1, 0.15) is 24.7 Å². The molecule has 0 radical (unpaired) electrons. The van der Waals surface area contributed by atoms with E-state index in [2.05, 4.69) is 21.2 Å². The maximum Gasteiger partial charge on any atom is 0.265 e. The highest BCUT2D eigenvalue weighted by Gasteiger charge is 2.35. The molecule has 1 N–H and O–H groups in total. The van der Waals surface area contributed by atoms with E-state index in [4.69, 9.17) is 9.47 Å². The fourth-order valence-electron chi connectivity index (χ4n) is 3.51. The summed E-state index contributed by atoms with van der Waals surface area (Å²) in [6, 6.07) is 19.3. The minimum Gasteiger partial charge on any atom is -0.497 e. The molecule has 1 aliphatic rings. The lowest BCUT2D eigenvalue weighted by atomic mass is 10.0. The molecule has 0 spiro atoms. The summed E-state index contributed by atoms with van der Waals surface area (Å²) in [6.45, 7) is 0.135. The summed E-state index contributed by atoms with van der Waals surface area (Å²) in [5.74, 6) is 0.872. The van der Waals surface area contributed by atoms with Crippen LogP contribution in [0.25, 0.3) is 11.1 Å². The molecule has 7 nitrogen and oxygen atoms in total. The molecule has 3 aromatic rings. The first-order valence-electron chi connectivity index (χ1n) is 9.85. The summed E-state index contributed by atoms with van der Waals surface area (Å²) in [5.41, 5.74) is 1.83. The molecular weight excluding hydrogens is 496 g/mol. The van der Waals surface area contributed by atoms with E-state index in [0.717, 1.165) is 14.3 Å². The number of halogens is 1. The van der Waals surface area contributed by atoms with Crippen molar-refractivity contribution < 1.29 is 22.7 Å². The molecule has 0 aromatic heterocycles. The van der Waals surface area contributed by atoms with E-state index < -0.39 is 15.9 Å². The van der Waals surface area contributed by atoms with Gasteiger partial charge >= 0.3 is 0 Å². The number of hydrogen-bond acceptors (Lipinski definition) is 5. The number of nitrogens with zero attached hydrogens (tertiary/aromatic N) is 1. The Kier molecular flexibility index (Phi) is 6.38. The van der Waals surface area contributed by atoms with Gasteiger partial charge in [-0.2, -0.15) is 0 Å². The summed E-state index contributed by atoms with van der Waals surface area (Å²) >= 11 is 3.44. The normalized spacial score (nSPS) is 13.6. The van der Waals surface area contributed by atoms with Crippen molar-refractivity contribution in [2.75, 3.05) is 31.1 Å². The van der Waals surface area contributed by atoms with E-state index in [1.165, 1.54) is 0 Å². The number of nitrogens with one attached hydrogen (secondary N) is 1. The van der Waals surface area contributed by atoms with E-state index in [9.17, 15) is 13.2 Å². The van der Waals surface area contributed by atoms with Crippen molar-refractivity contribution in [3.05, 3.63) is 71.2 Å². The van der Waals surface area contributed by atoms with Crippen LogP contribution in [0.4, 0.5) is 5.69 Å².